The van der Waals surface area contributed by atoms with Gasteiger partial charge >= 0.3 is 0 Å². The molecule has 2 aromatic carbocycles. The van der Waals surface area contributed by atoms with Crippen molar-refractivity contribution < 1.29 is 9.53 Å². The minimum Gasteiger partial charge on any atom is -0.489 e. The first kappa shape index (κ1) is 18.3. The molecule has 0 unspecified atom stereocenters. The van der Waals surface area contributed by atoms with E-state index < -0.39 is 0 Å². The minimum atomic E-state index is -0.326. The zero-order valence-electron chi connectivity index (χ0n) is 13.8. The van der Waals surface area contributed by atoms with Gasteiger partial charge in [0.1, 0.15) is 24.0 Å². The van der Waals surface area contributed by atoms with Crippen LogP contribution in [0.15, 0.2) is 48.0 Å². The highest BCUT2D eigenvalue weighted by atomic mass is 35.5. The number of nitriles is 1. The zero-order valence-corrected chi connectivity index (χ0v) is 15.3. The van der Waals surface area contributed by atoms with E-state index in [-0.39, 0.29) is 17.5 Å². The molecule has 1 amide bonds. The lowest BCUT2D eigenvalue weighted by Gasteiger charge is -2.08. The van der Waals surface area contributed by atoms with Crippen molar-refractivity contribution in [3.63, 3.8) is 0 Å². The van der Waals surface area contributed by atoms with Gasteiger partial charge in [-0.05, 0) is 48.7 Å². The van der Waals surface area contributed by atoms with Crippen molar-refractivity contribution in [1.82, 2.24) is 5.32 Å². The van der Waals surface area contributed by atoms with E-state index in [1.54, 1.807) is 42.5 Å². The van der Waals surface area contributed by atoms with Gasteiger partial charge in [-0.15, -0.1) is 0 Å². The van der Waals surface area contributed by atoms with Crippen LogP contribution in [0.4, 0.5) is 0 Å². The molecule has 0 radical (unpaired) electrons. The summed E-state index contributed by atoms with van der Waals surface area (Å²) in [5, 5.41) is 13.1. The molecule has 1 aliphatic rings. The first-order valence-electron chi connectivity index (χ1n) is 8.14. The summed E-state index contributed by atoms with van der Waals surface area (Å²) in [5.41, 5.74) is 1.69. The lowest BCUT2D eigenvalue weighted by atomic mass is 10.1. The quantitative estimate of drug-likeness (QED) is 0.574. The van der Waals surface area contributed by atoms with E-state index in [9.17, 15) is 10.1 Å². The number of hydrogen-bond donors (Lipinski definition) is 1. The van der Waals surface area contributed by atoms with Gasteiger partial charge in [-0.3, -0.25) is 4.79 Å². The number of nitrogens with zero attached hydrogens (tertiary/aromatic N) is 1. The average molecular weight is 387 g/mol. The Bertz CT molecular complexity index is 882. The Morgan fingerprint density at radius 2 is 1.96 bits per heavy atom. The molecular weight excluding hydrogens is 371 g/mol. The minimum absolute atomic E-state index is 0.0958. The van der Waals surface area contributed by atoms with Crippen LogP contribution in [0.5, 0.6) is 5.75 Å². The molecule has 2 aromatic rings. The molecule has 0 aromatic heterocycles. The summed E-state index contributed by atoms with van der Waals surface area (Å²) < 4.78 is 5.71. The summed E-state index contributed by atoms with van der Waals surface area (Å²) in [7, 11) is 0. The van der Waals surface area contributed by atoms with Crippen LogP contribution in [0.3, 0.4) is 0 Å². The number of rotatable bonds is 6. The molecule has 0 heterocycles. The average Bonchev–Trinajstić information content (AvgIpc) is 3.44. The smallest absolute Gasteiger partial charge is 0.262 e. The van der Waals surface area contributed by atoms with E-state index in [2.05, 4.69) is 5.32 Å². The van der Waals surface area contributed by atoms with Gasteiger partial charge in [-0.25, -0.2) is 0 Å². The molecule has 0 saturated heterocycles. The van der Waals surface area contributed by atoms with Crippen LogP contribution in [-0.2, 0) is 11.4 Å². The number of benzene rings is 2. The number of carbonyl (C=O) groups excluding carboxylic acids is 1. The summed E-state index contributed by atoms with van der Waals surface area (Å²) in [6.07, 6.45) is 3.53. The molecule has 4 nitrogen and oxygen atoms in total. The standard InChI is InChI=1S/C20H16Cl2N2O2/c21-16-4-3-14(19(22)10-16)12-26-18-7-1-13(2-8-18)9-15(11-23)20(25)24-17-5-6-17/h1-4,7-10,17H,5-6,12H2,(H,24,25)/b15-9+. The van der Waals surface area contributed by atoms with Crippen molar-refractivity contribution in [1.29, 1.82) is 5.26 Å². The fourth-order valence-corrected chi connectivity index (χ4v) is 2.73. The monoisotopic (exact) mass is 386 g/mol. The van der Waals surface area contributed by atoms with Crippen molar-refractivity contribution in [3.05, 3.63) is 69.2 Å². The summed E-state index contributed by atoms with van der Waals surface area (Å²) in [6, 6.07) is 14.6. The first-order chi connectivity index (χ1) is 12.5. The van der Waals surface area contributed by atoms with Gasteiger partial charge in [0.2, 0.25) is 0 Å². The lowest BCUT2D eigenvalue weighted by Crippen LogP contribution is -2.26. The van der Waals surface area contributed by atoms with Crippen molar-refractivity contribution in [2.45, 2.75) is 25.5 Å². The number of halogens is 2. The van der Waals surface area contributed by atoms with Crippen LogP contribution in [0.2, 0.25) is 10.0 Å². The highest BCUT2D eigenvalue weighted by molar-refractivity contribution is 6.35. The lowest BCUT2D eigenvalue weighted by molar-refractivity contribution is -0.117. The Morgan fingerprint density at radius 3 is 2.58 bits per heavy atom. The van der Waals surface area contributed by atoms with Crippen molar-refractivity contribution in [2.75, 3.05) is 0 Å². The van der Waals surface area contributed by atoms with Crippen molar-refractivity contribution >= 4 is 35.2 Å². The van der Waals surface area contributed by atoms with Crippen LogP contribution in [0.1, 0.15) is 24.0 Å². The van der Waals surface area contributed by atoms with Gasteiger partial charge < -0.3 is 10.1 Å². The van der Waals surface area contributed by atoms with Gasteiger partial charge in [-0.2, -0.15) is 5.26 Å². The second-order valence-corrected chi connectivity index (χ2v) is 6.85. The van der Waals surface area contributed by atoms with Crippen LogP contribution in [0.25, 0.3) is 6.08 Å². The van der Waals surface area contributed by atoms with E-state index in [0.29, 0.717) is 22.4 Å². The maximum absolute atomic E-state index is 12.0. The highest BCUT2D eigenvalue weighted by Crippen LogP contribution is 2.23. The van der Waals surface area contributed by atoms with Crippen LogP contribution in [0, 0.1) is 11.3 Å². The maximum atomic E-state index is 12.0. The predicted molar refractivity (Wildman–Crippen MR) is 102 cm³/mol. The SMILES string of the molecule is N#C/C(=C\c1ccc(OCc2ccc(Cl)cc2Cl)cc1)C(=O)NC1CC1. The van der Waals surface area contributed by atoms with Gasteiger partial charge in [0, 0.05) is 21.7 Å². The normalized spacial score (nSPS) is 13.8. The summed E-state index contributed by atoms with van der Waals surface area (Å²) >= 11 is 12.0. The Kier molecular flexibility index (Phi) is 5.82. The molecule has 26 heavy (non-hydrogen) atoms. The number of nitrogens with one attached hydrogen (secondary N) is 1. The Labute approximate surface area is 162 Å². The molecule has 0 spiro atoms. The van der Waals surface area contributed by atoms with Gasteiger partial charge in [0.15, 0.2) is 0 Å². The van der Waals surface area contributed by atoms with E-state index in [1.807, 2.05) is 12.1 Å². The Hall–Kier alpha value is -2.48. The van der Waals surface area contributed by atoms with Crippen LogP contribution in [-0.4, -0.2) is 11.9 Å². The number of amides is 1. The Balaban J connectivity index is 1.63. The van der Waals surface area contributed by atoms with Crippen LogP contribution < -0.4 is 10.1 Å². The summed E-state index contributed by atoms with van der Waals surface area (Å²) in [4.78, 5) is 12.0. The first-order valence-corrected chi connectivity index (χ1v) is 8.90. The Morgan fingerprint density at radius 1 is 1.23 bits per heavy atom. The molecule has 0 aliphatic heterocycles. The number of hydrogen-bond acceptors (Lipinski definition) is 3. The molecule has 3 rings (SSSR count). The molecule has 1 saturated carbocycles. The third-order valence-electron chi connectivity index (χ3n) is 3.88. The molecule has 1 fully saturated rings. The molecule has 0 bridgehead atoms. The summed E-state index contributed by atoms with van der Waals surface area (Å²) in [5.74, 6) is 0.335. The van der Waals surface area contributed by atoms with E-state index in [4.69, 9.17) is 27.9 Å². The molecule has 6 heteroatoms. The molecule has 1 N–H and O–H groups in total. The second kappa shape index (κ2) is 8.27. The topological polar surface area (TPSA) is 62.1 Å². The fraction of sp³-hybridized carbons (Fsp3) is 0.200. The molecule has 132 valence electrons. The van der Waals surface area contributed by atoms with Gasteiger partial charge in [-0.1, -0.05) is 41.4 Å². The highest BCUT2D eigenvalue weighted by Gasteiger charge is 2.24. The van der Waals surface area contributed by atoms with Crippen molar-refractivity contribution in [2.24, 2.45) is 0 Å². The molecule has 1 aliphatic carbocycles. The maximum Gasteiger partial charge on any atom is 0.262 e. The third-order valence-corrected chi connectivity index (χ3v) is 4.47. The third kappa shape index (κ3) is 5.01. The van der Waals surface area contributed by atoms with E-state index >= 15 is 0 Å². The number of carbonyl (C=O) groups is 1. The van der Waals surface area contributed by atoms with E-state index in [1.165, 1.54) is 0 Å². The van der Waals surface area contributed by atoms with Crippen molar-refractivity contribution in [3.8, 4) is 11.8 Å². The molecule has 0 atom stereocenters. The fourth-order valence-electron chi connectivity index (χ4n) is 2.27. The summed E-state index contributed by atoms with van der Waals surface area (Å²) in [6.45, 7) is 0.318. The second-order valence-electron chi connectivity index (χ2n) is 6.01. The molecular formula is C20H16Cl2N2O2. The van der Waals surface area contributed by atoms with Gasteiger partial charge in [0.05, 0.1) is 0 Å². The zero-order chi connectivity index (χ0) is 18.5. The largest absolute Gasteiger partial charge is 0.489 e. The predicted octanol–water partition coefficient (Wildman–Crippen LogP) is 4.76. The number of ether oxygens (including phenoxy) is 1. The van der Waals surface area contributed by atoms with Crippen LogP contribution >= 0.6 is 23.2 Å². The van der Waals surface area contributed by atoms with E-state index in [0.717, 1.165) is 24.0 Å². The van der Waals surface area contributed by atoms with Gasteiger partial charge in [0.25, 0.3) is 5.91 Å².